The zero-order valence-electron chi connectivity index (χ0n) is 17.5. The lowest BCUT2D eigenvalue weighted by atomic mass is 10.0. The molecule has 3 heterocycles. The number of fused-ring (bicyclic) bond motifs is 4. The molecule has 0 saturated carbocycles. The number of carbonyl (C=O) groups is 1. The number of pyridine rings is 1. The van der Waals surface area contributed by atoms with E-state index in [9.17, 15) is 19.8 Å². The fourth-order valence-corrected chi connectivity index (χ4v) is 3.78. The minimum atomic E-state index is -1.69. The van der Waals surface area contributed by atoms with Crippen LogP contribution in [0.1, 0.15) is 18.2 Å². The Hall–Kier alpha value is -3.21. The molecular weight excluding hydrogens is 442 g/mol. The average molecular weight is 466 g/mol. The van der Waals surface area contributed by atoms with Gasteiger partial charge >= 0.3 is 6.16 Å². The zero-order chi connectivity index (χ0) is 22.3. The Bertz CT molecular complexity index is 1230. The maximum Gasteiger partial charge on any atom is 0.511 e. The van der Waals surface area contributed by atoms with Crippen molar-refractivity contribution in [1.82, 2.24) is 14.9 Å². The molecule has 5 N–H and O–H groups in total. The second kappa shape index (κ2) is 9.11. The molecule has 1 aliphatic rings. The smallest absolute Gasteiger partial charge is 0.504 e. The second-order valence-electron chi connectivity index (χ2n) is 7.52. The van der Waals surface area contributed by atoms with Gasteiger partial charge in [0.25, 0.3) is 5.56 Å². The van der Waals surface area contributed by atoms with E-state index in [0.717, 1.165) is 16.6 Å². The van der Waals surface area contributed by atoms with E-state index >= 15 is 0 Å². The summed E-state index contributed by atoms with van der Waals surface area (Å²) >= 11 is 0. The molecule has 1 atom stereocenters. The highest BCUT2D eigenvalue weighted by atomic mass is 35.5. The number of hydrogen-bond donors (Lipinski definition) is 5. The van der Waals surface area contributed by atoms with Gasteiger partial charge in [-0.3, -0.25) is 4.79 Å². The van der Waals surface area contributed by atoms with E-state index in [0.29, 0.717) is 29.1 Å². The van der Waals surface area contributed by atoms with E-state index < -0.39 is 23.2 Å². The fraction of sp³-hybridized carbons (Fsp3) is 0.333. The number of carboxylic acid groups (broad SMARTS) is 1. The number of aromatic hydroxyl groups is 1. The van der Waals surface area contributed by atoms with Crippen molar-refractivity contribution in [3.63, 3.8) is 0 Å². The third-order valence-electron chi connectivity index (χ3n) is 5.46. The summed E-state index contributed by atoms with van der Waals surface area (Å²) < 4.78 is 12.4. The minimum Gasteiger partial charge on any atom is -0.504 e. The third kappa shape index (κ3) is 4.12. The Balaban J connectivity index is 0.00000289. The van der Waals surface area contributed by atoms with Gasteiger partial charge in [-0.05, 0) is 19.1 Å². The average Bonchev–Trinajstić information content (AvgIpc) is 2.92. The van der Waals surface area contributed by atoms with Gasteiger partial charge in [-0.25, -0.2) is 4.79 Å². The second-order valence-corrected chi connectivity index (χ2v) is 7.52. The van der Waals surface area contributed by atoms with E-state index in [1.54, 1.807) is 0 Å². The minimum absolute atomic E-state index is 0. The summed E-state index contributed by atoms with van der Waals surface area (Å²) in [6, 6.07) is 5.69. The van der Waals surface area contributed by atoms with Gasteiger partial charge in [0.2, 0.25) is 5.75 Å². The molecular formula is C21H24ClN3O7. The molecule has 2 aromatic heterocycles. The van der Waals surface area contributed by atoms with Crippen molar-refractivity contribution >= 4 is 29.5 Å². The summed E-state index contributed by atoms with van der Waals surface area (Å²) in [5.74, 6) is -0.617. The van der Waals surface area contributed by atoms with Gasteiger partial charge in [-0.1, -0.05) is 0 Å². The number of aromatic nitrogens is 2. The van der Waals surface area contributed by atoms with Crippen molar-refractivity contribution < 1.29 is 29.6 Å². The first-order valence-corrected chi connectivity index (χ1v) is 9.78. The quantitative estimate of drug-likeness (QED) is 0.360. The van der Waals surface area contributed by atoms with Gasteiger partial charge in [0, 0.05) is 54.3 Å². The number of hydrogen-bond acceptors (Lipinski definition) is 7. The number of halogens is 1. The van der Waals surface area contributed by atoms with Crippen LogP contribution in [0.15, 0.2) is 23.0 Å². The van der Waals surface area contributed by atoms with Gasteiger partial charge in [0.15, 0.2) is 5.75 Å². The van der Waals surface area contributed by atoms with Crippen molar-refractivity contribution in [3.05, 3.63) is 39.8 Å². The van der Waals surface area contributed by atoms with Crippen LogP contribution in [0.5, 0.6) is 17.2 Å². The highest BCUT2D eigenvalue weighted by Gasteiger charge is 2.26. The number of nitrogens with one attached hydrogen (secondary N) is 2. The van der Waals surface area contributed by atoms with Crippen LogP contribution in [0.4, 0.5) is 4.79 Å². The molecule has 32 heavy (non-hydrogen) atoms. The molecule has 1 aliphatic heterocycles. The molecule has 11 heteroatoms. The molecule has 0 amide bonds. The molecule has 172 valence electrons. The largest absolute Gasteiger partial charge is 0.511 e. The molecule has 0 aliphatic carbocycles. The standard InChI is InChI=1S/C21H23N3O7.ClH/c1-10(9-25)22-8-12-5-11-6-14-16(7-15(11)24(12)2)30-4-3-13-17(14)23-20(27)19(18(13)26)31-21(28)29;/h5-7,10,22,25H,3-4,8-9H2,1-2H3,(H,28,29)(H2,23,26,27);1H. The Morgan fingerprint density at radius 1 is 1.38 bits per heavy atom. The molecule has 3 aromatic rings. The van der Waals surface area contributed by atoms with Gasteiger partial charge in [0.05, 0.1) is 24.4 Å². The normalized spacial score (nSPS) is 13.3. The van der Waals surface area contributed by atoms with Crippen LogP contribution >= 0.6 is 12.4 Å². The van der Waals surface area contributed by atoms with E-state index in [2.05, 4.69) is 15.0 Å². The van der Waals surface area contributed by atoms with Crippen molar-refractivity contribution in [3.8, 4) is 28.5 Å². The molecule has 4 rings (SSSR count). The molecule has 0 radical (unpaired) electrons. The summed E-state index contributed by atoms with van der Waals surface area (Å²) in [5.41, 5.74) is 2.38. The van der Waals surface area contributed by atoms with Crippen molar-refractivity contribution in [2.75, 3.05) is 13.2 Å². The van der Waals surface area contributed by atoms with E-state index in [1.807, 2.05) is 36.7 Å². The number of H-pyrrole nitrogens is 1. The number of aromatic amines is 1. The van der Waals surface area contributed by atoms with Gasteiger partial charge in [-0.15, -0.1) is 12.4 Å². The van der Waals surface area contributed by atoms with Crippen LogP contribution in [0.2, 0.25) is 0 Å². The molecule has 0 spiro atoms. The maximum absolute atomic E-state index is 12.4. The highest BCUT2D eigenvalue weighted by Crippen LogP contribution is 2.41. The number of ether oxygens (including phenoxy) is 2. The van der Waals surface area contributed by atoms with E-state index in [4.69, 9.17) is 9.84 Å². The summed E-state index contributed by atoms with van der Waals surface area (Å²) in [6.45, 7) is 2.71. The van der Waals surface area contributed by atoms with Crippen LogP contribution in [0, 0.1) is 0 Å². The summed E-state index contributed by atoms with van der Waals surface area (Å²) in [6.07, 6.45) is -1.43. The van der Waals surface area contributed by atoms with Crippen molar-refractivity contribution in [2.24, 2.45) is 7.05 Å². The van der Waals surface area contributed by atoms with Crippen LogP contribution in [0.25, 0.3) is 22.2 Å². The predicted molar refractivity (Wildman–Crippen MR) is 119 cm³/mol. The Labute approximate surface area is 188 Å². The molecule has 10 nitrogen and oxygen atoms in total. The van der Waals surface area contributed by atoms with Crippen LogP contribution < -0.4 is 20.3 Å². The number of aliphatic hydroxyl groups is 1. The lowest BCUT2D eigenvalue weighted by molar-refractivity contribution is 0.142. The zero-order valence-corrected chi connectivity index (χ0v) is 18.3. The number of benzene rings is 1. The number of rotatable bonds is 5. The Morgan fingerprint density at radius 2 is 2.12 bits per heavy atom. The summed E-state index contributed by atoms with van der Waals surface area (Å²) in [5, 5.41) is 32.7. The van der Waals surface area contributed by atoms with Gasteiger partial charge < -0.3 is 39.7 Å². The molecule has 1 unspecified atom stereocenters. The first kappa shape index (κ1) is 23.5. The molecule has 0 saturated heterocycles. The highest BCUT2D eigenvalue weighted by molar-refractivity contribution is 5.90. The van der Waals surface area contributed by atoms with Gasteiger partial charge in [0.1, 0.15) is 5.75 Å². The van der Waals surface area contributed by atoms with Crippen LogP contribution in [0.3, 0.4) is 0 Å². The fourth-order valence-electron chi connectivity index (χ4n) is 3.78. The van der Waals surface area contributed by atoms with Crippen molar-refractivity contribution in [2.45, 2.75) is 25.9 Å². The lowest BCUT2D eigenvalue weighted by Gasteiger charge is -2.12. The van der Waals surface area contributed by atoms with Gasteiger partial charge in [-0.2, -0.15) is 0 Å². The molecule has 0 bridgehead atoms. The third-order valence-corrected chi connectivity index (χ3v) is 5.46. The van der Waals surface area contributed by atoms with Crippen LogP contribution in [-0.4, -0.2) is 50.3 Å². The maximum atomic E-state index is 12.4. The molecule has 1 aromatic carbocycles. The first-order chi connectivity index (χ1) is 14.8. The van der Waals surface area contributed by atoms with Crippen LogP contribution in [-0.2, 0) is 20.0 Å². The number of aliphatic hydroxyl groups excluding tert-OH is 1. The topological polar surface area (TPSA) is 146 Å². The number of aryl methyl sites for hydroxylation is 1. The monoisotopic (exact) mass is 465 g/mol. The lowest BCUT2D eigenvalue weighted by Crippen LogP contribution is -2.29. The summed E-state index contributed by atoms with van der Waals surface area (Å²) in [4.78, 5) is 25.9. The Morgan fingerprint density at radius 3 is 2.81 bits per heavy atom. The summed E-state index contributed by atoms with van der Waals surface area (Å²) in [7, 11) is 1.93. The Kier molecular flexibility index (Phi) is 6.68. The SMILES string of the molecule is CC(CO)NCc1cc2cc3c(cc2n1C)OCCc1c-3[nH]c(=O)c(OC(=O)O)c1O.Cl. The predicted octanol–water partition coefficient (Wildman–Crippen LogP) is 2.12. The molecule has 0 fully saturated rings. The van der Waals surface area contributed by atoms with E-state index in [1.165, 1.54) is 0 Å². The van der Waals surface area contributed by atoms with Crippen molar-refractivity contribution in [1.29, 1.82) is 0 Å². The first-order valence-electron chi connectivity index (χ1n) is 9.78. The number of nitrogens with zero attached hydrogens (tertiary/aromatic N) is 1. The van der Waals surface area contributed by atoms with E-state index in [-0.39, 0.29) is 38.1 Å².